The molecule has 0 saturated carbocycles. The number of aliphatic carboxylic acids is 1. The molecule has 5 heteroatoms. The van der Waals surface area contributed by atoms with Crippen molar-refractivity contribution < 1.29 is 24.2 Å². The van der Waals surface area contributed by atoms with E-state index in [2.05, 4.69) is 4.74 Å². The summed E-state index contributed by atoms with van der Waals surface area (Å²) in [6.07, 6.45) is 0. The third-order valence-corrected chi connectivity index (χ3v) is 3.44. The van der Waals surface area contributed by atoms with Crippen LogP contribution in [0.25, 0.3) is 0 Å². The molecule has 5 nitrogen and oxygen atoms in total. The average molecular weight is 284 g/mol. The Morgan fingerprint density at radius 3 is 2.52 bits per heavy atom. The molecule has 1 aliphatic heterocycles. The lowest BCUT2D eigenvalue weighted by Gasteiger charge is -2.25. The van der Waals surface area contributed by atoms with Crippen molar-refractivity contribution in [1.82, 2.24) is 0 Å². The lowest BCUT2D eigenvalue weighted by Crippen LogP contribution is -2.19. The number of hydrogen-bond acceptors (Lipinski definition) is 4. The predicted molar refractivity (Wildman–Crippen MR) is 73.8 cm³/mol. The molecule has 1 aliphatic rings. The molecular weight excluding hydrogens is 272 g/mol. The number of carboxylic acid groups (broad SMARTS) is 1. The van der Waals surface area contributed by atoms with E-state index < -0.39 is 17.9 Å². The number of carboxylic acids is 1. The largest absolute Gasteiger partial charge is 0.481 e. The molecule has 1 unspecified atom stereocenters. The summed E-state index contributed by atoms with van der Waals surface area (Å²) in [5.41, 5.74) is 1.31. The van der Waals surface area contributed by atoms with Crippen LogP contribution < -0.4 is 4.74 Å². The predicted octanol–water partition coefficient (Wildman–Crippen LogP) is 2.80. The van der Waals surface area contributed by atoms with E-state index in [4.69, 9.17) is 4.74 Å². The van der Waals surface area contributed by atoms with Crippen LogP contribution in [-0.2, 0) is 9.53 Å². The van der Waals surface area contributed by atoms with Gasteiger partial charge in [0.2, 0.25) is 0 Å². The second-order valence-corrected chi connectivity index (χ2v) is 4.66. The summed E-state index contributed by atoms with van der Waals surface area (Å²) in [4.78, 5) is 23.3. The topological polar surface area (TPSA) is 72.8 Å². The number of ether oxygens (including phenoxy) is 2. The molecule has 2 aromatic carbocycles. The van der Waals surface area contributed by atoms with E-state index in [-0.39, 0.29) is 0 Å². The molecule has 0 radical (unpaired) electrons. The number of carbonyl (C=O) groups is 2. The van der Waals surface area contributed by atoms with E-state index in [1.165, 1.54) is 13.2 Å². The Morgan fingerprint density at radius 1 is 1.10 bits per heavy atom. The first-order valence-corrected chi connectivity index (χ1v) is 6.33. The zero-order valence-corrected chi connectivity index (χ0v) is 11.2. The Bertz CT molecular complexity index is 735. The highest BCUT2D eigenvalue weighted by Gasteiger charge is 2.33. The van der Waals surface area contributed by atoms with Crippen LogP contribution in [0, 0.1) is 0 Å². The Labute approximate surface area is 120 Å². The molecule has 1 heterocycles. The lowest BCUT2D eigenvalue weighted by molar-refractivity contribution is -0.137. The van der Waals surface area contributed by atoms with Gasteiger partial charge < -0.3 is 14.6 Å². The Morgan fingerprint density at radius 2 is 1.81 bits per heavy atom. The van der Waals surface area contributed by atoms with Gasteiger partial charge in [-0.05, 0) is 24.3 Å². The average Bonchev–Trinajstić information content (AvgIpc) is 2.50. The van der Waals surface area contributed by atoms with Gasteiger partial charge >= 0.3 is 11.9 Å². The van der Waals surface area contributed by atoms with E-state index >= 15 is 0 Å². The normalized spacial score (nSPS) is 15.4. The van der Waals surface area contributed by atoms with Crippen molar-refractivity contribution in [1.29, 1.82) is 0 Å². The summed E-state index contributed by atoms with van der Waals surface area (Å²) in [5.74, 6) is -1.42. The molecule has 1 atom stereocenters. The molecule has 0 spiro atoms. The number of carbonyl (C=O) groups excluding carboxylic acids is 1. The van der Waals surface area contributed by atoms with Crippen LogP contribution in [0.5, 0.6) is 11.5 Å². The molecular formula is C16H12O5. The number of hydrogen-bond donors (Lipinski definition) is 1. The number of methoxy groups -OCH3 is 1. The minimum atomic E-state index is -0.992. The molecule has 0 amide bonds. The van der Waals surface area contributed by atoms with Crippen molar-refractivity contribution in [2.75, 3.05) is 7.11 Å². The second-order valence-electron chi connectivity index (χ2n) is 4.66. The van der Waals surface area contributed by atoms with Crippen LogP contribution in [-0.4, -0.2) is 24.2 Å². The highest BCUT2D eigenvalue weighted by molar-refractivity contribution is 5.91. The van der Waals surface area contributed by atoms with Gasteiger partial charge in [-0.15, -0.1) is 0 Å². The monoisotopic (exact) mass is 284 g/mol. The van der Waals surface area contributed by atoms with Gasteiger partial charge in [0.05, 0.1) is 12.7 Å². The minimum absolute atomic E-state index is 0.297. The van der Waals surface area contributed by atoms with Gasteiger partial charge in [-0.2, -0.15) is 0 Å². The van der Waals surface area contributed by atoms with Crippen molar-refractivity contribution in [2.45, 2.75) is 5.92 Å². The van der Waals surface area contributed by atoms with Gasteiger partial charge in [0, 0.05) is 11.1 Å². The number of rotatable bonds is 2. The molecule has 1 N–H and O–H groups in total. The summed E-state index contributed by atoms with van der Waals surface area (Å²) in [5, 5.41) is 9.55. The maximum absolute atomic E-state index is 11.7. The van der Waals surface area contributed by atoms with Gasteiger partial charge in [0.1, 0.15) is 17.4 Å². The fraction of sp³-hybridized carbons (Fsp3) is 0.125. The van der Waals surface area contributed by atoms with Crippen LogP contribution >= 0.6 is 0 Å². The molecule has 0 aliphatic carbocycles. The Hall–Kier alpha value is -2.82. The second kappa shape index (κ2) is 4.94. The molecule has 106 valence electrons. The van der Waals surface area contributed by atoms with E-state index in [9.17, 15) is 14.7 Å². The van der Waals surface area contributed by atoms with Crippen LogP contribution in [0.4, 0.5) is 0 Å². The summed E-state index contributed by atoms with van der Waals surface area (Å²) >= 11 is 0. The molecule has 21 heavy (non-hydrogen) atoms. The van der Waals surface area contributed by atoms with Gasteiger partial charge in [-0.25, -0.2) is 4.79 Å². The number of fused-ring (bicyclic) bond motifs is 2. The smallest absolute Gasteiger partial charge is 0.337 e. The van der Waals surface area contributed by atoms with Gasteiger partial charge in [-0.3, -0.25) is 4.79 Å². The fourth-order valence-corrected chi connectivity index (χ4v) is 2.48. The SMILES string of the molecule is COC(=O)c1ccc2c(c1)C(C(=O)O)c1ccccc1O2. The van der Waals surface area contributed by atoms with Crippen molar-refractivity contribution >= 4 is 11.9 Å². The molecule has 2 aromatic rings. The standard InChI is InChI=1S/C16H12O5/c1-20-16(19)9-6-7-13-11(8-9)14(15(17)18)10-4-2-3-5-12(10)21-13/h2-8,14H,1H3,(H,17,18). The number of benzene rings is 2. The zero-order valence-electron chi connectivity index (χ0n) is 11.2. The van der Waals surface area contributed by atoms with E-state index in [1.807, 2.05) is 0 Å². The maximum atomic E-state index is 11.7. The third kappa shape index (κ3) is 2.12. The van der Waals surface area contributed by atoms with Crippen molar-refractivity contribution in [3.05, 3.63) is 59.2 Å². The third-order valence-electron chi connectivity index (χ3n) is 3.44. The fourth-order valence-electron chi connectivity index (χ4n) is 2.48. The van der Waals surface area contributed by atoms with Crippen molar-refractivity contribution in [2.24, 2.45) is 0 Å². The van der Waals surface area contributed by atoms with Crippen LogP contribution in [0.1, 0.15) is 27.4 Å². The maximum Gasteiger partial charge on any atom is 0.337 e. The Balaban J connectivity index is 2.17. The zero-order chi connectivity index (χ0) is 15.0. The first kappa shape index (κ1) is 13.2. The number of para-hydroxylation sites is 1. The summed E-state index contributed by atoms with van der Waals surface area (Å²) < 4.78 is 10.4. The molecule has 0 saturated heterocycles. The van der Waals surface area contributed by atoms with E-state index in [0.29, 0.717) is 28.2 Å². The highest BCUT2D eigenvalue weighted by atomic mass is 16.5. The van der Waals surface area contributed by atoms with E-state index in [0.717, 1.165) is 0 Å². The lowest BCUT2D eigenvalue weighted by atomic mass is 9.87. The van der Waals surface area contributed by atoms with Gasteiger partial charge in [0.25, 0.3) is 0 Å². The summed E-state index contributed by atoms with van der Waals surface area (Å²) in [7, 11) is 1.28. The highest BCUT2D eigenvalue weighted by Crippen LogP contribution is 2.44. The minimum Gasteiger partial charge on any atom is -0.481 e. The first-order chi connectivity index (χ1) is 10.1. The summed E-state index contributed by atoms with van der Waals surface area (Å²) in [6.45, 7) is 0. The summed E-state index contributed by atoms with van der Waals surface area (Å²) in [6, 6.07) is 11.6. The Kier molecular flexibility index (Phi) is 3.10. The molecule has 0 fully saturated rings. The molecule has 0 aromatic heterocycles. The van der Waals surface area contributed by atoms with Gasteiger partial charge in [0.15, 0.2) is 0 Å². The van der Waals surface area contributed by atoms with Crippen LogP contribution in [0.2, 0.25) is 0 Å². The van der Waals surface area contributed by atoms with E-state index in [1.54, 1.807) is 36.4 Å². The quantitative estimate of drug-likeness (QED) is 0.858. The van der Waals surface area contributed by atoms with Crippen molar-refractivity contribution in [3.8, 4) is 11.5 Å². The first-order valence-electron chi connectivity index (χ1n) is 6.33. The number of esters is 1. The van der Waals surface area contributed by atoms with Gasteiger partial charge in [-0.1, -0.05) is 18.2 Å². The van der Waals surface area contributed by atoms with Crippen LogP contribution in [0.3, 0.4) is 0 Å². The van der Waals surface area contributed by atoms with Crippen LogP contribution in [0.15, 0.2) is 42.5 Å². The van der Waals surface area contributed by atoms with Crippen molar-refractivity contribution in [3.63, 3.8) is 0 Å². The molecule has 0 bridgehead atoms. The molecule has 3 rings (SSSR count).